The zero-order valence-corrected chi connectivity index (χ0v) is 7.03. The number of aliphatic hydroxyl groups excluding tert-OH is 1. The van der Waals surface area contributed by atoms with Gasteiger partial charge in [-0.05, 0) is 24.7 Å². The van der Waals surface area contributed by atoms with Gasteiger partial charge in [0.15, 0.2) is 0 Å². The lowest BCUT2D eigenvalue weighted by Gasteiger charge is -2.32. The van der Waals surface area contributed by atoms with Gasteiger partial charge in [-0.3, -0.25) is 0 Å². The van der Waals surface area contributed by atoms with Crippen LogP contribution >= 0.6 is 0 Å². The second-order valence-corrected chi connectivity index (χ2v) is 3.98. The Bertz CT molecular complexity index is 174. The van der Waals surface area contributed by atoms with Gasteiger partial charge in [0.2, 0.25) is 0 Å². The first-order chi connectivity index (χ1) is 5.29. The third-order valence-corrected chi connectivity index (χ3v) is 3.29. The van der Waals surface area contributed by atoms with Gasteiger partial charge < -0.3 is 5.11 Å². The Morgan fingerprint density at radius 2 is 2.09 bits per heavy atom. The smallest absolute Gasteiger partial charge is 0.0605 e. The van der Waals surface area contributed by atoms with Crippen LogP contribution < -0.4 is 0 Å². The molecule has 2 aliphatic rings. The zero-order valence-electron chi connectivity index (χ0n) is 7.03. The molecule has 0 aromatic heterocycles. The first kappa shape index (κ1) is 7.35. The molecule has 1 nitrogen and oxygen atoms in total. The van der Waals surface area contributed by atoms with Crippen molar-refractivity contribution in [3.63, 3.8) is 0 Å². The molecule has 4 atom stereocenters. The average Bonchev–Trinajstić information content (AvgIpc) is 2.35. The fourth-order valence-corrected chi connectivity index (χ4v) is 2.56. The minimum Gasteiger partial charge on any atom is -0.393 e. The Morgan fingerprint density at radius 3 is 2.82 bits per heavy atom. The molecule has 1 N–H and O–H groups in total. The highest BCUT2D eigenvalue weighted by molar-refractivity contribution is 5.08. The standard InChI is InChI=1S/C10H16O/c1-7-5-6-9-8(7)3-2-4-10(9)11/h5-11H,2-4H2,1H3. The molecule has 11 heavy (non-hydrogen) atoms. The quantitative estimate of drug-likeness (QED) is 0.526. The van der Waals surface area contributed by atoms with Crippen LogP contribution in [0.4, 0.5) is 0 Å². The third-order valence-electron chi connectivity index (χ3n) is 3.29. The normalized spacial score (nSPS) is 49.3. The molecule has 0 amide bonds. The van der Waals surface area contributed by atoms with Crippen molar-refractivity contribution in [2.75, 3.05) is 0 Å². The highest BCUT2D eigenvalue weighted by Gasteiger charge is 2.35. The Labute approximate surface area is 68.1 Å². The van der Waals surface area contributed by atoms with Crippen molar-refractivity contribution in [2.24, 2.45) is 17.8 Å². The van der Waals surface area contributed by atoms with Gasteiger partial charge in [-0.15, -0.1) is 0 Å². The maximum atomic E-state index is 9.65. The Morgan fingerprint density at radius 1 is 1.27 bits per heavy atom. The minimum absolute atomic E-state index is 0.0463. The van der Waals surface area contributed by atoms with Gasteiger partial charge in [-0.2, -0.15) is 0 Å². The molecule has 2 rings (SSSR count). The van der Waals surface area contributed by atoms with Crippen LogP contribution in [0.25, 0.3) is 0 Å². The Hall–Kier alpha value is -0.300. The van der Waals surface area contributed by atoms with Crippen molar-refractivity contribution >= 4 is 0 Å². The third kappa shape index (κ3) is 1.12. The fourth-order valence-electron chi connectivity index (χ4n) is 2.56. The van der Waals surface area contributed by atoms with E-state index in [0.29, 0.717) is 11.8 Å². The maximum absolute atomic E-state index is 9.65. The first-order valence-corrected chi connectivity index (χ1v) is 4.65. The monoisotopic (exact) mass is 152 g/mol. The lowest BCUT2D eigenvalue weighted by atomic mass is 9.76. The summed E-state index contributed by atoms with van der Waals surface area (Å²) in [5.41, 5.74) is 0. The molecule has 1 saturated carbocycles. The van der Waals surface area contributed by atoms with Crippen LogP contribution in [0.1, 0.15) is 26.2 Å². The van der Waals surface area contributed by atoms with Crippen LogP contribution in [0, 0.1) is 17.8 Å². The van der Waals surface area contributed by atoms with Crippen LogP contribution in [0.2, 0.25) is 0 Å². The van der Waals surface area contributed by atoms with Crippen LogP contribution in [0.5, 0.6) is 0 Å². The summed E-state index contributed by atoms with van der Waals surface area (Å²) in [6.07, 6.45) is 7.99. The van der Waals surface area contributed by atoms with Gasteiger partial charge in [-0.1, -0.05) is 25.5 Å². The molecular formula is C10H16O. The van der Waals surface area contributed by atoms with Crippen molar-refractivity contribution < 1.29 is 5.11 Å². The van der Waals surface area contributed by atoms with Crippen molar-refractivity contribution in [3.8, 4) is 0 Å². The second kappa shape index (κ2) is 2.63. The molecule has 0 aromatic carbocycles. The van der Waals surface area contributed by atoms with E-state index in [0.717, 1.165) is 12.3 Å². The predicted octanol–water partition coefficient (Wildman–Crippen LogP) is 1.97. The summed E-state index contributed by atoms with van der Waals surface area (Å²) in [7, 11) is 0. The topological polar surface area (TPSA) is 20.2 Å². The Kier molecular flexibility index (Phi) is 1.76. The molecule has 62 valence electrons. The number of fused-ring (bicyclic) bond motifs is 1. The predicted molar refractivity (Wildman–Crippen MR) is 45.1 cm³/mol. The molecule has 0 saturated heterocycles. The van der Waals surface area contributed by atoms with Gasteiger partial charge in [0, 0.05) is 5.92 Å². The van der Waals surface area contributed by atoms with Crippen molar-refractivity contribution in [1.29, 1.82) is 0 Å². The van der Waals surface area contributed by atoms with Crippen LogP contribution in [0.3, 0.4) is 0 Å². The Balaban J connectivity index is 2.12. The van der Waals surface area contributed by atoms with Crippen molar-refractivity contribution in [3.05, 3.63) is 12.2 Å². The summed E-state index contributed by atoms with van der Waals surface area (Å²) < 4.78 is 0. The number of aliphatic hydroxyl groups is 1. The van der Waals surface area contributed by atoms with Gasteiger partial charge >= 0.3 is 0 Å². The zero-order chi connectivity index (χ0) is 7.84. The van der Waals surface area contributed by atoms with E-state index in [9.17, 15) is 5.11 Å². The van der Waals surface area contributed by atoms with E-state index in [1.165, 1.54) is 12.8 Å². The average molecular weight is 152 g/mol. The summed E-state index contributed by atoms with van der Waals surface area (Å²) in [5.74, 6) is 1.94. The fraction of sp³-hybridized carbons (Fsp3) is 0.800. The number of hydrogen-bond donors (Lipinski definition) is 1. The van der Waals surface area contributed by atoms with Crippen molar-refractivity contribution in [1.82, 2.24) is 0 Å². The van der Waals surface area contributed by atoms with E-state index in [-0.39, 0.29) is 6.10 Å². The molecule has 0 bridgehead atoms. The van der Waals surface area contributed by atoms with Gasteiger partial charge in [0.1, 0.15) is 0 Å². The molecule has 1 heteroatoms. The van der Waals surface area contributed by atoms with Crippen LogP contribution in [-0.4, -0.2) is 11.2 Å². The maximum Gasteiger partial charge on any atom is 0.0605 e. The molecule has 0 spiro atoms. The molecular weight excluding hydrogens is 136 g/mol. The van der Waals surface area contributed by atoms with E-state index in [1.54, 1.807) is 0 Å². The minimum atomic E-state index is -0.0463. The molecule has 0 aromatic rings. The molecule has 0 radical (unpaired) electrons. The number of rotatable bonds is 0. The van der Waals surface area contributed by atoms with Gasteiger partial charge in [0.25, 0.3) is 0 Å². The summed E-state index contributed by atoms with van der Waals surface area (Å²) in [6.45, 7) is 2.26. The molecule has 1 fully saturated rings. The summed E-state index contributed by atoms with van der Waals surface area (Å²) in [5, 5.41) is 9.65. The van der Waals surface area contributed by atoms with E-state index in [2.05, 4.69) is 19.1 Å². The molecule has 2 aliphatic carbocycles. The van der Waals surface area contributed by atoms with Gasteiger partial charge in [-0.25, -0.2) is 0 Å². The van der Waals surface area contributed by atoms with Crippen LogP contribution in [0.15, 0.2) is 12.2 Å². The van der Waals surface area contributed by atoms with Crippen LogP contribution in [-0.2, 0) is 0 Å². The highest BCUT2D eigenvalue weighted by atomic mass is 16.3. The van der Waals surface area contributed by atoms with E-state index >= 15 is 0 Å². The first-order valence-electron chi connectivity index (χ1n) is 4.65. The van der Waals surface area contributed by atoms with E-state index < -0.39 is 0 Å². The molecule has 4 unspecified atom stereocenters. The lowest BCUT2D eigenvalue weighted by Crippen LogP contribution is -2.30. The van der Waals surface area contributed by atoms with Gasteiger partial charge in [0.05, 0.1) is 6.10 Å². The number of allylic oxidation sites excluding steroid dienone is 1. The van der Waals surface area contributed by atoms with Crippen molar-refractivity contribution in [2.45, 2.75) is 32.3 Å². The summed E-state index contributed by atoms with van der Waals surface area (Å²) in [4.78, 5) is 0. The van der Waals surface area contributed by atoms with E-state index in [1.807, 2.05) is 0 Å². The SMILES string of the molecule is CC1C=CC2C(O)CCCC12. The lowest BCUT2D eigenvalue weighted by molar-refractivity contribution is 0.0542. The summed E-state index contributed by atoms with van der Waals surface area (Å²) in [6, 6.07) is 0. The largest absolute Gasteiger partial charge is 0.393 e. The summed E-state index contributed by atoms with van der Waals surface area (Å²) >= 11 is 0. The molecule has 0 heterocycles. The highest BCUT2D eigenvalue weighted by Crippen LogP contribution is 2.41. The number of hydrogen-bond acceptors (Lipinski definition) is 1. The molecule has 0 aliphatic heterocycles. The second-order valence-electron chi connectivity index (χ2n) is 3.98. The van der Waals surface area contributed by atoms with E-state index in [4.69, 9.17) is 0 Å².